The normalized spacial score (nSPS) is 10.4. The number of rotatable bonds is 6. The molecule has 0 saturated carbocycles. The molecular formula is C13H18N4. The van der Waals surface area contributed by atoms with Crippen LogP contribution >= 0.6 is 0 Å². The highest BCUT2D eigenvalue weighted by Crippen LogP contribution is 2.07. The van der Waals surface area contributed by atoms with Crippen molar-refractivity contribution in [2.24, 2.45) is 0 Å². The molecule has 0 amide bonds. The minimum atomic E-state index is 0.941. The molecule has 0 aromatic carbocycles. The van der Waals surface area contributed by atoms with Gasteiger partial charge in [0.15, 0.2) is 0 Å². The molecule has 2 aromatic rings. The molecule has 0 spiro atoms. The number of imidazole rings is 1. The molecule has 0 bridgehead atoms. The van der Waals surface area contributed by atoms with E-state index >= 15 is 0 Å². The monoisotopic (exact) mass is 230 g/mol. The van der Waals surface area contributed by atoms with Crippen LogP contribution in [0.3, 0.4) is 0 Å². The van der Waals surface area contributed by atoms with Gasteiger partial charge in [0.1, 0.15) is 0 Å². The summed E-state index contributed by atoms with van der Waals surface area (Å²) < 4.78 is 2.15. The van der Waals surface area contributed by atoms with Crippen LogP contribution in [0.1, 0.15) is 18.9 Å². The molecule has 4 nitrogen and oxygen atoms in total. The van der Waals surface area contributed by atoms with Crippen molar-refractivity contribution >= 4 is 5.95 Å². The van der Waals surface area contributed by atoms with Crippen LogP contribution in [-0.4, -0.2) is 21.1 Å². The number of nitrogens with zero attached hydrogens (tertiary/aromatic N) is 3. The van der Waals surface area contributed by atoms with E-state index in [2.05, 4.69) is 38.9 Å². The molecule has 90 valence electrons. The fraction of sp³-hybridized carbons (Fsp3) is 0.385. The van der Waals surface area contributed by atoms with Crippen molar-refractivity contribution in [2.75, 3.05) is 11.9 Å². The third-order valence-corrected chi connectivity index (χ3v) is 2.64. The highest BCUT2D eigenvalue weighted by atomic mass is 15.2. The van der Waals surface area contributed by atoms with Gasteiger partial charge in [-0.2, -0.15) is 0 Å². The maximum Gasteiger partial charge on any atom is 0.202 e. The summed E-state index contributed by atoms with van der Waals surface area (Å²) in [6.45, 7) is 4.06. The van der Waals surface area contributed by atoms with Crippen LogP contribution in [0.5, 0.6) is 0 Å². The Balaban J connectivity index is 1.92. The second kappa shape index (κ2) is 6.03. The van der Waals surface area contributed by atoms with Gasteiger partial charge in [-0.15, -0.1) is 0 Å². The average Bonchev–Trinajstić information content (AvgIpc) is 2.82. The molecule has 0 atom stereocenters. The molecule has 0 unspecified atom stereocenters. The van der Waals surface area contributed by atoms with Gasteiger partial charge in [0.05, 0.1) is 0 Å². The van der Waals surface area contributed by atoms with Crippen molar-refractivity contribution in [3.8, 4) is 0 Å². The molecule has 0 saturated heterocycles. The van der Waals surface area contributed by atoms with E-state index in [9.17, 15) is 0 Å². The third-order valence-electron chi connectivity index (χ3n) is 2.64. The smallest absolute Gasteiger partial charge is 0.202 e. The van der Waals surface area contributed by atoms with Gasteiger partial charge in [0, 0.05) is 37.9 Å². The van der Waals surface area contributed by atoms with E-state index in [1.807, 2.05) is 24.8 Å². The Labute approximate surface area is 102 Å². The number of nitrogens with one attached hydrogen (secondary N) is 1. The summed E-state index contributed by atoms with van der Waals surface area (Å²) in [6.07, 6.45) is 9.62. The molecule has 0 aliphatic heterocycles. The molecule has 0 aliphatic carbocycles. The molecule has 4 heteroatoms. The SMILES string of the molecule is CCCNc1nccn1CCc1ccncc1. The maximum atomic E-state index is 4.31. The lowest BCUT2D eigenvalue weighted by molar-refractivity contribution is 0.697. The number of anilines is 1. The van der Waals surface area contributed by atoms with E-state index in [-0.39, 0.29) is 0 Å². The Kier molecular flexibility index (Phi) is 4.13. The number of hydrogen-bond donors (Lipinski definition) is 1. The summed E-state index contributed by atoms with van der Waals surface area (Å²) in [5.41, 5.74) is 1.30. The zero-order valence-electron chi connectivity index (χ0n) is 10.1. The zero-order chi connectivity index (χ0) is 11.9. The van der Waals surface area contributed by atoms with E-state index in [1.54, 1.807) is 0 Å². The number of aromatic nitrogens is 3. The minimum Gasteiger partial charge on any atom is -0.356 e. The van der Waals surface area contributed by atoms with Gasteiger partial charge in [-0.05, 0) is 30.5 Å². The Morgan fingerprint density at radius 3 is 2.82 bits per heavy atom. The van der Waals surface area contributed by atoms with Gasteiger partial charge in [0.25, 0.3) is 0 Å². The second-order valence-electron chi connectivity index (χ2n) is 3.98. The van der Waals surface area contributed by atoms with Crippen LogP contribution in [0.25, 0.3) is 0 Å². The highest BCUT2D eigenvalue weighted by molar-refractivity contribution is 5.25. The first kappa shape index (κ1) is 11.6. The maximum absolute atomic E-state index is 4.31. The fourth-order valence-electron chi connectivity index (χ4n) is 1.69. The summed E-state index contributed by atoms with van der Waals surface area (Å²) in [4.78, 5) is 8.32. The Bertz CT molecular complexity index is 436. The summed E-state index contributed by atoms with van der Waals surface area (Å²) >= 11 is 0. The number of pyridine rings is 1. The summed E-state index contributed by atoms with van der Waals surface area (Å²) in [5.74, 6) is 0.959. The largest absolute Gasteiger partial charge is 0.356 e. The Morgan fingerprint density at radius 1 is 1.24 bits per heavy atom. The van der Waals surface area contributed by atoms with Crippen LogP contribution in [0, 0.1) is 0 Å². The van der Waals surface area contributed by atoms with E-state index in [4.69, 9.17) is 0 Å². The Morgan fingerprint density at radius 2 is 2.06 bits per heavy atom. The van der Waals surface area contributed by atoms with E-state index in [0.29, 0.717) is 0 Å². The number of hydrogen-bond acceptors (Lipinski definition) is 3. The first-order valence-electron chi connectivity index (χ1n) is 6.04. The average molecular weight is 230 g/mol. The van der Waals surface area contributed by atoms with Gasteiger partial charge in [-0.1, -0.05) is 6.92 Å². The third kappa shape index (κ3) is 3.31. The lowest BCUT2D eigenvalue weighted by Gasteiger charge is -2.08. The second-order valence-corrected chi connectivity index (χ2v) is 3.98. The van der Waals surface area contributed by atoms with Crippen molar-refractivity contribution in [3.05, 3.63) is 42.5 Å². The van der Waals surface area contributed by atoms with E-state index in [1.165, 1.54) is 5.56 Å². The molecule has 2 rings (SSSR count). The predicted molar refractivity (Wildman–Crippen MR) is 68.9 cm³/mol. The van der Waals surface area contributed by atoms with Gasteiger partial charge in [0.2, 0.25) is 5.95 Å². The first-order valence-corrected chi connectivity index (χ1v) is 6.04. The molecule has 0 fully saturated rings. The summed E-state index contributed by atoms with van der Waals surface area (Å²) in [7, 11) is 0. The van der Waals surface area contributed by atoms with Crippen molar-refractivity contribution in [3.63, 3.8) is 0 Å². The molecular weight excluding hydrogens is 212 g/mol. The molecule has 0 radical (unpaired) electrons. The van der Waals surface area contributed by atoms with Gasteiger partial charge < -0.3 is 9.88 Å². The fourth-order valence-corrected chi connectivity index (χ4v) is 1.69. The molecule has 17 heavy (non-hydrogen) atoms. The van der Waals surface area contributed by atoms with Crippen LogP contribution in [0.2, 0.25) is 0 Å². The van der Waals surface area contributed by atoms with Crippen molar-refractivity contribution in [2.45, 2.75) is 26.3 Å². The molecule has 2 heterocycles. The van der Waals surface area contributed by atoms with Gasteiger partial charge in [-0.25, -0.2) is 4.98 Å². The lowest BCUT2D eigenvalue weighted by atomic mass is 10.2. The summed E-state index contributed by atoms with van der Waals surface area (Å²) in [6, 6.07) is 4.10. The van der Waals surface area contributed by atoms with Gasteiger partial charge in [-0.3, -0.25) is 4.98 Å². The molecule has 0 aliphatic rings. The Hall–Kier alpha value is -1.84. The molecule has 2 aromatic heterocycles. The van der Waals surface area contributed by atoms with Crippen LogP contribution in [0.15, 0.2) is 36.9 Å². The predicted octanol–water partition coefficient (Wildman–Crippen LogP) is 2.34. The quantitative estimate of drug-likeness (QED) is 0.828. The van der Waals surface area contributed by atoms with Crippen molar-refractivity contribution < 1.29 is 0 Å². The summed E-state index contributed by atoms with van der Waals surface area (Å²) in [5, 5.41) is 3.32. The van der Waals surface area contributed by atoms with Crippen LogP contribution in [-0.2, 0) is 13.0 Å². The van der Waals surface area contributed by atoms with Crippen LogP contribution in [0.4, 0.5) is 5.95 Å². The van der Waals surface area contributed by atoms with E-state index in [0.717, 1.165) is 31.9 Å². The lowest BCUT2D eigenvalue weighted by Crippen LogP contribution is -2.09. The topological polar surface area (TPSA) is 42.7 Å². The number of aryl methyl sites for hydroxylation is 2. The van der Waals surface area contributed by atoms with Crippen LogP contribution < -0.4 is 5.32 Å². The zero-order valence-corrected chi connectivity index (χ0v) is 10.1. The van der Waals surface area contributed by atoms with Crippen molar-refractivity contribution in [1.82, 2.24) is 14.5 Å². The van der Waals surface area contributed by atoms with E-state index < -0.39 is 0 Å². The van der Waals surface area contributed by atoms with Crippen molar-refractivity contribution in [1.29, 1.82) is 0 Å². The minimum absolute atomic E-state index is 0.941. The molecule has 1 N–H and O–H groups in total. The van der Waals surface area contributed by atoms with Gasteiger partial charge >= 0.3 is 0 Å². The first-order chi connectivity index (χ1) is 8.40. The standard InChI is InChI=1S/C13H18N4/c1-2-6-15-13-16-9-11-17(13)10-5-12-3-7-14-8-4-12/h3-4,7-9,11H,2,5-6,10H2,1H3,(H,15,16). The highest BCUT2D eigenvalue weighted by Gasteiger charge is 2.01.